The topological polar surface area (TPSA) is 78.8 Å². The van der Waals surface area contributed by atoms with E-state index in [1.165, 1.54) is 18.6 Å². The molecule has 5 nitrogen and oxygen atoms in total. The second-order valence-corrected chi connectivity index (χ2v) is 5.11. The van der Waals surface area contributed by atoms with Gasteiger partial charge in [-0.15, -0.1) is 0 Å². The van der Waals surface area contributed by atoms with Crippen molar-refractivity contribution < 1.29 is 19.7 Å². The van der Waals surface area contributed by atoms with Gasteiger partial charge in [-0.3, -0.25) is 0 Å². The Bertz CT molecular complexity index is 432. The van der Waals surface area contributed by atoms with Gasteiger partial charge in [0.2, 0.25) is 0 Å². The second-order valence-electron chi connectivity index (χ2n) is 5.11. The van der Waals surface area contributed by atoms with Crippen molar-refractivity contribution >= 4 is 5.97 Å². The number of aliphatic hydroxyl groups excluding tert-OH is 1. The SMILES string of the molecule is O=C(O)c1ccc(OCCNC2CCCC2CO)cc1. The molecule has 0 radical (unpaired) electrons. The Labute approximate surface area is 118 Å². The Hall–Kier alpha value is -1.59. The Balaban J connectivity index is 1.69. The minimum atomic E-state index is -0.936. The van der Waals surface area contributed by atoms with E-state index in [0.717, 1.165) is 19.4 Å². The van der Waals surface area contributed by atoms with E-state index in [1.54, 1.807) is 12.1 Å². The molecule has 5 heteroatoms. The lowest BCUT2D eigenvalue weighted by Gasteiger charge is -2.19. The molecule has 0 amide bonds. The molecule has 0 spiro atoms. The molecule has 0 bridgehead atoms. The zero-order valence-corrected chi connectivity index (χ0v) is 11.4. The number of aromatic carboxylic acids is 1. The molecular formula is C15H21NO4. The van der Waals surface area contributed by atoms with Crippen molar-refractivity contribution in [3.8, 4) is 5.75 Å². The minimum Gasteiger partial charge on any atom is -0.492 e. The van der Waals surface area contributed by atoms with Crippen molar-refractivity contribution in [2.45, 2.75) is 25.3 Å². The van der Waals surface area contributed by atoms with E-state index in [4.69, 9.17) is 9.84 Å². The molecule has 1 aromatic carbocycles. The fraction of sp³-hybridized carbons (Fsp3) is 0.533. The molecule has 1 aliphatic carbocycles. The zero-order chi connectivity index (χ0) is 14.4. The van der Waals surface area contributed by atoms with Crippen LogP contribution in [0.1, 0.15) is 29.6 Å². The maximum Gasteiger partial charge on any atom is 0.335 e. The molecular weight excluding hydrogens is 258 g/mol. The molecule has 3 N–H and O–H groups in total. The predicted molar refractivity (Wildman–Crippen MR) is 75.1 cm³/mol. The number of carboxylic acid groups (broad SMARTS) is 1. The van der Waals surface area contributed by atoms with Crippen LogP contribution in [0.2, 0.25) is 0 Å². The lowest BCUT2D eigenvalue weighted by Crippen LogP contribution is -2.36. The zero-order valence-electron chi connectivity index (χ0n) is 11.4. The lowest BCUT2D eigenvalue weighted by atomic mass is 10.1. The van der Waals surface area contributed by atoms with Gasteiger partial charge in [0.1, 0.15) is 12.4 Å². The summed E-state index contributed by atoms with van der Waals surface area (Å²) in [4.78, 5) is 10.7. The van der Waals surface area contributed by atoms with Crippen molar-refractivity contribution in [2.24, 2.45) is 5.92 Å². The van der Waals surface area contributed by atoms with Crippen LogP contribution in [-0.4, -0.2) is 42.0 Å². The fourth-order valence-corrected chi connectivity index (χ4v) is 2.63. The fourth-order valence-electron chi connectivity index (χ4n) is 2.63. The van der Waals surface area contributed by atoms with Gasteiger partial charge in [0.15, 0.2) is 0 Å². The van der Waals surface area contributed by atoms with E-state index < -0.39 is 5.97 Å². The molecule has 0 heterocycles. The molecule has 2 unspecified atom stereocenters. The molecule has 0 saturated heterocycles. The molecule has 0 aromatic heterocycles. The summed E-state index contributed by atoms with van der Waals surface area (Å²) >= 11 is 0. The van der Waals surface area contributed by atoms with Gasteiger partial charge >= 0.3 is 5.97 Å². The van der Waals surface area contributed by atoms with Gasteiger partial charge < -0.3 is 20.3 Å². The van der Waals surface area contributed by atoms with Crippen molar-refractivity contribution in [1.29, 1.82) is 0 Å². The summed E-state index contributed by atoms with van der Waals surface area (Å²) in [7, 11) is 0. The van der Waals surface area contributed by atoms with E-state index in [1.807, 2.05) is 0 Å². The third-order valence-electron chi connectivity index (χ3n) is 3.77. The van der Waals surface area contributed by atoms with Crippen LogP contribution in [0, 0.1) is 5.92 Å². The van der Waals surface area contributed by atoms with Gasteiger partial charge in [-0.05, 0) is 43.0 Å². The summed E-state index contributed by atoms with van der Waals surface area (Å²) in [6.45, 7) is 1.50. The number of aliphatic hydroxyl groups is 1. The molecule has 20 heavy (non-hydrogen) atoms. The number of carbonyl (C=O) groups is 1. The van der Waals surface area contributed by atoms with Crippen molar-refractivity contribution in [3.63, 3.8) is 0 Å². The normalized spacial score (nSPS) is 21.9. The third-order valence-corrected chi connectivity index (χ3v) is 3.77. The van der Waals surface area contributed by atoms with Crippen molar-refractivity contribution in [2.75, 3.05) is 19.8 Å². The standard InChI is InChI=1S/C15H21NO4/c17-10-12-2-1-3-14(12)16-8-9-20-13-6-4-11(5-7-13)15(18)19/h4-7,12,14,16-17H,1-3,8-10H2,(H,18,19). The van der Waals surface area contributed by atoms with Crippen LogP contribution in [0.3, 0.4) is 0 Å². The van der Waals surface area contributed by atoms with Gasteiger partial charge in [0.25, 0.3) is 0 Å². The molecule has 0 aliphatic heterocycles. The summed E-state index contributed by atoms with van der Waals surface area (Å²) < 4.78 is 5.55. The highest BCUT2D eigenvalue weighted by Crippen LogP contribution is 2.24. The van der Waals surface area contributed by atoms with E-state index in [9.17, 15) is 9.90 Å². The molecule has 1 saturated carbocycles. The summed E-state index contributed by atoms with van der Waals surface area (Å²) in [6.07, 6.45) is 3.37. The Morgan fingerprint density at radius 2 is 2.05 bits per heavy atom. The highest BCUT2D eigenvalue weighted by Gasteiger charge is 2.25. The Kier molecular flexibility index (Phi) is 5.38. The maximum atomic E-state index is 10.7. The van der Waals surface area contributed by atoms with Crippen LogP contribution >= 0.6 is 0 Å². The quantitative estimate of drug-likeness (QED) is 0.659. The first kappa shape index (κ1) is 14.8. The third kappa shape index (κ3) is 3.95. The maximum absolute atomic E-state index is 10.7. The van der Waals surface area contributed by atoms with Crippen LogP contribution < -0.4 is 10.1 Å². The number of rotatable bonds is 7. The smallest absolute Gasteiger partial charge is 0.335 e. The molecule has 110 valence electrons. The highest BCUT2D eigenvalue weighted by atomic mass is 16.5. The number of hydrogen-bond donors (Lipinski definition) is 3. The summed E-state index contributed by atoms with van der Waals surface area (Å²) in [5.41, 5.74) is 0.257. The number of benzene rings is 1. The van der Waals surface area contributed by atoms with Crippen LogP contribution in [0.25, 0.3) is 0 Å². The molecule has 2 atom stereocenters. The van der Waals surface area contributed by atoms with Crippen LogP contribution in [0.15, 0.2) is 24.3 Å². The van der Waals surface area contributed by atoms with Gasteiger partial charge in [-0.25, -0.2) is 4.79 Å². The van der Waals surface area contributed by atoms with Crippen LogP contribution in [-0.2, 0) is 0 Å². The summed E-state index contributed by atoms with van der Waals surface area (Å²) in [5.74, 6) is 0.0984. The van der Waals surface area contributed by atoms with Crippen LogP contribution in [0.4, 0.5) is 0 Å². The summed E-state index contributed by atoms with van der Waals surface area (Å²) in [6, 6.07) is 6.77. The van der Waals surface area contributed by atoms with Gasteiger partial charge in [0.05, 0.1) is 5.56 Å². The number of hydrogen-bond acceptors (Lipinski definition) is 4. The van der Waals surface area contributed by atoms with Crippen molar-refractivity contribution in [3.05, 3.63) is 29.8 Å². The molecule has 1 fully saturated rings. The average molecular weight is 279 g/mol. The van der Waals surface area contributed by atoms with E-state index >= 15 is 0 Å². The van der Waals surface area contributed by atoms with Gasteiger partial charge in [-0.2, -0.15) is 0 Å². The molecule has 1 aromatic rings. The van der Waals surface area contributed by atoms with E-state index in [0.29, 0.717) is 24.3 Å². The molecule has 2 rings (SSSR count). The van der Waals surface area contributed by atoms with Crippen LogP contribution in [0.5, 0.6) is 5.75 Å². The van der Waals surface area contributed by atoms with Crippen molar-refractivity contribution in [1.82, 2.24) is 5.32 Å². The van der Waals surface area contributed by atoms with E-state index in [-0.39, 0.29) is 12.2 Å². The van der Waals surface area contributed by atoms with Gasteiger partial charge in [-0.1, -0.05) is 6.42 Å². The first-order valence-electron chi connectivity index (χ1n) is 7.01. The predicted octanol–water partition coefficient (Wildman–Crippen LogP) is 1.51. The highest BCUT2D eigenvalue weighted by molar-refractivity contribution is 5.87. The van der Waals surface area contributed by atoms with E-state index in [2.05, 4.69) is 5.32 Å². The average Bonchev–Trinajstić information content (AvgIpc) is 2.91. The summed E-state index contributed by atoms with van der Waals surface area (Å²) in [5, 5.41) is 21.4. The monoisotopic (exact) mass is 279 g/mol. The number of carboxylic acids is 1. The molecule has 1 aliphatic rings. The number of nitrogens with one attached hydrogen (secondary N) is 1. The Morgan fingerprint density at radius 1 is 1.30 bits per heavy atom. The largest absolute Gasteiger partial charge is 0.492 e. The Morgan fingerprint density at radius 3 is 2.70 bits per heavy atom. The van der Waals surface area contributed by atoms with Gasteiger partial charge in [0, 0.05) is 19.2 Å². The number of ether oxygens (including phenoxy) is 1. The minimum absolute atomic E-state index is 0.245. The second kappa shape index (κ2) is 7.26. The first-order valence-corrected chi connectivity index (χ1v) is 7.01. The first-order chi connectivity index (χ1) is 9.70. The lowest BCUT2D eigenvalue weighted by molar-refractivity contribution is 0.0697.